The van der Waals surface area contributed by atoms with Crippen molar-refractivity contribution in [2.75, 3.05) is 0 Å². The molecule has 2 heterocycles. The lowest BCUT2D eigenvalue weighted by Crippen LogP contribution is -2.28. The number of H-pyrrole nitrogens is 1. The third-order valence-corrected chi connectivity index (χ3v) is 4.61. The van der Waals surface area contributed by atoms with Gasteiger partial charge in [-0.3, -0.25) is 9.59 Å². The van der Waals surface area contributed by atoms with Gasteiger partial charge in [-0.15, -0.1) is 0 Å². The van der Waals surface area contributed by atoms with Crippen LogP contribution < -0.4 is 10.7 Å². The first-order valence-electron chi connectivity index (χ1n) is 8.44. The Bertz CT molecular complexity index is 1220. The van der Waals surface area contributed by atoms with Gasteiger partial charge in [0.2, 0.25) is 5.43 Å². The van der Waals surface area contributed by atoms with E-state index in [1.165, 1.54) is 24.6 Å². The average molecular weight is 397 g/mol. The van der Waals surface area contributed by atoms with E-state index in [9.17, 15) is 14.0 Å². The predicted octanol–water partition coefficient (Wildman–Crippen LogP) is 4.51. The minimum atomic E-state index is -0.603. The maximum Gasteiger partial charge on any atom is 0.257 e. The fourth-order valence-electron chi connectivity index (χ4n) is 2.92. The van der Waals surface area contributed by atoms with Gasteiger partial charge in [0, 0.05) is 23.3 Å². The van der Waals surface area contributed by atoms with E-state index in [2.05, 4.69) is 10.3 Å². The van der Waals surface area contributed by atoms with Crippen LogP contribution in [0.15, 0.2) is 70.2 Å². The van der Waals surface area contributed by atoms with Crippen LogP contribution in [0, 0.1) is 5.82 Å². The molecule has 2 aromatic heterocycles. The second-order valence-electron chi connectivity index (χ2n) is 6.20. The van der Waals surface area contributed by atoms with E-state index in [0.717, 1.165) is 5.56 Å². The molecule has 5 nitrogen and oxygen atoms in total. The molecule has 0 aliphatic heterocycles. The Kier molecular flexibility index (Phi) is 4.71. The zero-order chi connectivity index (χ0) is 19.7. The lowest BCUT2D eigenvalue weighted by Gasteiger charge is -2.08. The third-order valence-electron chi connectivity index (χ3n) is 4.36. The van der Waals surface area contributed by atoms with Crippen LogP contribution in [0.5, 0.6) is 0 Å². The van der Waals surface area contributed by atoms with Crippen LogP contribution in [-0.4, -0.2) is 10.9 Å². The molecule has 2 N–H and O–H groups in total. The first-order chi connectivity index (χ1) is 13.5. The summed E-state index contributed by atoms with van der Waals surface area (Å²) < 4.78 is 19.7. The van der Waals surface area contributed by atoms with Gasteiger partial charge >= 0.3 is 0 Å². The smallest absolute Gasteiger partial charge is 0.257 e. The number of furan rings is 1. The van der Waals surface area contributed by atoms with Crippen molar-refractivity contribution in [3.05, 3.63) is 93.2 Å². The molecule has 28 heavy (non-hydrogen) atoms. The van der Waals surface area contributed by atoms with Gasteiger partial charge in [-0.1, -0.05) is 23.7 Å². The summed E-state index contributed by atoms with van der Waals surface area (Å²) in [5.41, 5.74) is 0.627. The second kappa shape index (κ2) is 7.32. The highest BCUT2D eigenvalue weighted by Gasteiger charge is 2.16. The fraction of sp³-hybridized carbons (Fsp3) is 0.0476. The molecule has 0 spiro atoms. The van der Waals surface area contributed by atoms with E-state index in [0.29, 0.717) is 16.3 Å². The molecule has 4 rings (SSSR count). The number of amides is 1. The number of hydrogen-bond acceptors (Lipinski definition) is 3. The van der Waals surface area contributed by atoms with Crippen LogP contribution in [0.3, 0.4) is 0 Å². The van der Waals surface area contributed by atoms with Crippen molar-refractivity contribution in [3.8, 4) is 11.3 Å². The van der Waals surface area contributed by atoms with Gasteiger partial charge in [-0.05, 0) is 42.0 Å². The molecule has 2 aromatic carbocycles. The van der Waals surface area contributed by atoms with Crippen molar-refractivity contribution in [1.29, 1.82) is 0 Å². The van der Waals surface area contributed by atoms with Crippen molar-refractivity contribution in [3.63, 3.8) is 0 Å². The number of nitrogens with one attached hydrogen (secondary N) is 2. The lowest BCUT2D eigenvalue weighted by molar-refractivity contribution is 0.0949. The predicted molar refractivity (Wildman–Crippen MR) is 105 cm³/mol. The van der Waals surface area contributed by atoms with E-state index in [1.54, 1.807) is 36.4 Å². The van der Waals surface area contributed by atoms with Crippen LogP contribution in [-0.2, 0) is 6.54 Å². The average Bonchev–Trinajstić information content (AvgIpc) is 3.23. The van der Waals surface area contributed by atoms with Crippen molar-refractivity contribution < 1.29 is 13.6 Å². The minimum Gasteiger partial charge on any atom is -0.464 e. The van der Waals surface area contributed by atoms with Gasteiger partial charge < -0.3 is 14.7 Å². The number of benzene rings is 2. The number of carbonyl (C=O) groups excluding carboxylic acids is 1. The monoisotopic (exact) mass is 396 g/mol. The maximum absolute atomic E-state index is 14.4. The Balaban J connectivity index is 1.67. The molecule has 4 aromatic rings. The Morgan fingerprint density at radius 1 is 1.18 bits per heavy atom. The lowest BCUT2D eigenvalue weighted by atomic mass is 10.1. The summed E-state index contributed by atoms with van der Waals surface area (Å²) in [7, 11) is 0. The van der Waals surface area contributed by atoms with Crippen molar-refractivity contribution in [2.45, 2.75) is 6.54 Å². The van der Waals surface area contributed by atoms with Crippen LogP contribution in [0.2, 0.25) is 5.02 Å². The molecule has 0 radical (unpaired) electrons. The molecule has 7 heteroatoms. The fourth-order valence-corrected chi connectivity index (χ4v) is 3.05. The van der Waals surface area contributed by atoms with Crippen molar-refractivity contribution in [1.82, 2.24) is 10.3 Å². The van der Waals surface area contributed by atoms with Gasteiger partial charge in [0.05, 0.1) is 17.2 Å². The molecule has 1 amide bonds. The first kappa shape index (κ1) is 18.0. The number of aromatic amines is 1. The highest BCUT2D eigenvalue weighted by Crippen LogP contribution is 2.25. The third kappa shape index (κ3) is 3.42. The number of rotatable bonds is 4. The molecule has 0 saturated carbocycles. The standard InChI is InChI=1S/C21H14ClFN2O3/c22-14-5-3-12(4-6-14)10-25-21(27)16-11-24-19-15(20(16)26)8-13(9-17(19)23)18-2-1-7-28-18/h1-9,11H,10H2,(H,24,26)(H,25,27). The number of fused-ring (bicyclic) bond motifs is 1. The zero-order valence-corrected chi connectivity index (χ0v) is 15.2. The normalized spacial score (nSPS) is 10.9. The van der Waals surface area contributed by atoms with Crippen LogP contribution in [0.25, 0.3) is 22.2 Å². The number of halogens is 2. The molecule has 0 unspecified atom stereocenters. The molecule has 0 aliphatic rings. The summed E-state index contributed by atoms with van der Waals surface area (Å²) in [6, 6.07) is 13.1. The number of hydrogen-bond donors (Lipinski definition) is 2. The van der Waals surface area contributed by atoms with Crippen LogP contribution in [0.1, 0.15) is 15.9 Å². The summed E-state index contributed by atoms with van der Waals surface area (Å²) in [6.45, 7) is 0.230. The summed E-state index contributed by atoms with van der Waals surface area (Å²) in [5.74, 6) is -0.728. The Hall–Kier alpha value is -3.38. The molecular weight excluding hydrogens is 383 g/mol. The van der Waals surface area contributed by atoms with Crippen molar-refractivity contribution in [2.24, 2.45) is 0 Å². The van der Waals surface area contributed by atoms with Gasteiger partial charge in [-0.25, -0.2) is 4.39 Å². The van der Waals surface area contributed by atoms with Crippen LogP contribution >= 0.6 is 11.6 Å². The van der Waals surface area contributed by atoms with E-state index < -0.39 is 17.2 Å². The van der Waals surface area contributed by atoms with Gasteiger partial charge in [0.15, 0.2) is 0 Å². The van der Waals surface area contributed by atoms with E-state index >= 15 is 0 Å². The van der Waals surface area contributed by atoms with Crippen molar-refractivity contribution >= 4 is 28.4 Å². The topological polar surface area (TPSA) is 75.1 Å². The van der Waals surface area contributed by atoms with Crippen LogP contribution in [0.4, 0.5) is 4.39 Å². The largest absolute Gasteiger partial charge is 0.464 e. The number of pyridine rings is 1. The number of aromatic nitrogens is 1. The molecule has 0 atom stereocenters. The molecule has 140 valence electrons. The second-order valence-corrected chi connectivity index (χ2v) is 6.63. The molecular formula is C21H14ClFN2O3. The summed E-state index contributed by atoms with van der Waals surface area (Å²) in [4.78, 5) is 28.0. The van der Waals surface area contributed by atoms with E-state index in [-0.39, 0.29) is 23.0 Å². The minimum absolute atomic E-state index is 0.0366. The molecule has 0 fully saturated rings. The summed E-state index contributed by atoms with van der Waals surface area (Å²) >= 11 is 5.84. The Morgan fingerprint density at radius 3 is 2.68 bits per heavy atom. The molecule has 0 saturated heterocycles. The molecule has 0 aliphatic carbocycles. The van der Waals surface area contributed by atoms with Gasteiger partial charge in [-0.2, -0.15) is 0 Å². The maximum atomic E-state index is 14.4. The Labute approximate surface area is 163 Å². The Morgan fingerprint density at radius 2 is 1.96 bits per heavy atom. The van der Waals surface area contributed by atoms with Gasteiger partial charge in [0.25, 0.3) is 5.91 Å². The first-order valence-corrected chi connectivity index (χ1v) is 8.82. The summed E-state index contributed by atoms with van der Waals surface area (Å²) in [6.07, 6.45) is 2.68. The van der Waals surface area contributed by atoms with E-state index in [4.69, 9.17) is 16.0 Å². The highest BCUT2D eigenvalue weighted by molar-refractivity contribution is 6.30. The number of carbonyl (C=O) groups is 1. The quantitative estimate of drug-likeness (QED) is 0.533. The molecule has 0 bridgehead atoms. The summed E-state index contributed by atoms with van der Waals surface area (Å²) in [5, 5.41) is 3.35. The van der Waals surface area contributed by atoms with E-state index in [1.807, 2.05) is 0 Å². The zero-order valence-electron chi connectivity index (χ0n) is 14.5. The SMILES string of the molecule is O=C(NCc1ccc(Cl)cc1)c1c[nH]c2c(F)cc(-c3ccco3)cc2c1=O. The van der Waals surface area contributed by atoms with Gasteiger partial charge in [0.1, 0.15) is 17.1 Å². The highest BCUT2D eigenvalue weighted by atomic mass is 35.5.